The molecule has 70 valence electrons. The van der Waals surface area contributed by atoms with E-state index >= 15 is 0 Å². The predicted molar refractivity (Wildman–Crippen MR) is 49.5 cm³/mol. The molecule has 2 heterocycles. The fourth-order valence-electron chi connectivity index (χ4n) is 1.86. The molecular formula is C9H13N3O. The Bertz CT molecular complexity index is 347. The molecule has 1 aromatic rings. The lowest BCUT2D eigenvalue weighted by atomic mass is 10.1. The normalized spacial score (nSPS) is 23.6. The van der Waals surface area contributed by atoms with Crippen LogP contribution in [0, 0.1) is 0 Å². The van der Waals surface area contributed by atoms with Crippen molar-refractivity contribution in [3.8, 4) is 0 Å². The number of nitrogens with zero attached hydrogens (tertiary/aromatic N) is 2. The number of aromatic amines is 1. The minimum absolute atomic E-state index is 0.0544. The van der Waals surface area contributed by atoms with Crippen molar-refractivity contribution in [3.05, 3.63) is 28.4 Å². The van der Waals surface area contributed by atoms with Gasteiger partial charge in [0.05, 0.1) is 6.04 Å². The van der Waals surface area contributed by atoms with Crippen LogP contribution in [0.15, 0.2) is 17.2 Å². The quantitative estimate of drug-likeness (QED) is 0.684. The van der Waals surface area contributed by atoms with Gasteiger partial charge in [0.15, 0.2) is 0 Å². The Morgan fingerprint density at radius 3 is 3.15 bits per heavy atom. The number of aromatic nitrogens is 2. The highest BCUT2D eigenvalue weighted by Gasteiger charge is 2.25. The number of nitrogens with one attached hydrogen (secondary N) is 1. The molecule has 0 aromatic carbocycles. The summed E-state index contributed by atoms with van der Waals surface area (Å²) in [6.07, 6.45) is 5.40. The highest BCUT2D eigenvalue weighted by molar-refractivity contribution is 5.04. The van der Waals surface area contributed by atoms with Crippen LogP contribution in [-0.4, -0.2) is 28.5 Å². The first-order valence-electron chi connectivity index (χ1n) is 4.53. The Morgan fingerprint density at radius 2 is 2.54 bits per heavy atom. The summed E-state index contributed by atoms with van der Waals surface area (Å²) in [6.45, 7) is 1.06. The van der Waals surface area contributed by atoms with E-state index in [2.05, 4.69) is 14.9 Å². The maximum Gasteiger partial charge on any atom is 0.271 e. The summed E-state index contributed by atoms with van der Waals surface area (Å²) in [4.78, 5) is 20.4. The standard InChI is InChI=1S/C9H13N3O/c1-12-6-2-3-7(12)8-9(13)11-5-4-10-8/h4-5,7H,2-3,6H2,1H3,(H,11,13). The van der Waals surface area contributed by atoms with Crippen molar-refractivity contribution in [2.24, 2.45) is 0 Å². The Labute approximate surface area is 76.6 Å². The molecule has 0 aliphatic carbocycles. The SMILES string of the molecule is CN1CCCC1c1ncc[nH]c1=O. The van der Waals surface area contributed by atoms with Gasteiger partial charge in [-0.25, -0.2) is 0 Å². The third-order valence-electron chi connectivity index (χ3n) is 2.57. The molecule has 1 fully saturated rings. The van der Waals surface area contributed by atoms with Gasteiger partial charge in [-0.15, -0.1) is 0 Å². The number of H-pyrrole nitrogens is 1. The molecule has 0 bridgehead atoms. The molecule has 4 nitrogen and oxygen atoms in total. The molecule has 0 amide bonds. The van der Waals surface area contributed by atoms with E-state index in [4.69, 9.17) is 0 Å². The summed E-state index contributed by atoms with van der Waals surface area (Å²) in [7, 11) is 2.03. The van der Waals surface area contributed by atoms with E-state index in [1.165, 1.54) is 0 Å². The van der Waals surface area contributed by atoms with Gasteiger partial charge in [-0.3, -0.25) is 14.7 Å². The van der Waals surface area contributed by atoms with Gasteiger partial charge in [0, 0.05) is 12.4 Å². The molecule has 13 heavy (non-hydrogen) atoms. The maximum atomic E-state index is 11.4. The van der Waals surface area contributed by atoms with E-state index in [1.54, 1.807) is 12.4 Å². The van der Waals surface area contributed by atoms with Gasteiger partial charge >= 0.3 is 0 Å². The second-order valence-corrected chi connectivity index (χ2v) is 3.44. The van der Waals surface area contributed by atoms with Crippen LogP contribution >= 0.6 is 0 Å². The van der Waals surface area contributed by atoms with Crippen LogP contribution in [0.3, 0.4) is 0 Å². The van der Waals surface area contributed by atoms with Crippen LogP contribution < -0.4 is 5.56 Å². The first-order chi connectivity index (χ1) is 6.29. The zero-order valence-corrected chi connectivity index (χ0v) is 7.66. The summed E-state index contributed by atoms with van der Waals surface area (Å²) >= 11 is 0. The summed E-state index contributed by atoms with van der Waals surface area (Å²) < 4.78 is 0. The summed E-state index contributed by atoms with van der Waals surface area (Å²) in [6, 6.07) is 0.213. The fourth-order valence-corrected chi connectivity index (χ4v) is 1.86. The lowest BCUT2D eigenvalue weighted by Gasteiger charge is -2.17. The van der Waals surface area contributed by atoms with Crippen molar-refractivity contribution in [2.45, 2.75) is 18.9 Å². The second kappa shape index (κ2) is 3.30. The molecule has 1 unspecified atom stereocenters. The zero-order chi connectivity index (χ0) is 9.26. The third kappa shape index (κ3) is 1.49. The van der Waals surface area contributed by atoms with E-state index in [0.29, 0.717) is 5.69 Å². The Morgan fingerprint density at radius 1 is 1.69 bits per heavy atom. The number of rotatable bonds is 1. The fraction of sp³-hybridized carbons (Fsp3) is 0.556. The highest BCUT2D eigenvalue weighted by Crippen LogP contribution is 2.26. The molecule has 1 aliphatic rings. The molecular weight excluding hydrogens is 166 g/mol. The minimum Gasteiger partial charge on any atom is -0.326 e. The Kier molecular flexibility index (Phi) is 2.14. The first-order valence-corrected chi connectivity index (χ1v) is 4.53. The van der Waals surface area contributed by atoms with Crippen molar-refractivity contribution in [2.75, 3.05) is 13.6 Å². The summed E-state index contributed by atoms with van der Waals surface area (Å²) in [5.74, 6) is 0. The molecule has 2 rings (SSSR count). The van der Waals surface area contributed by atoms with Crippen molar-refractivity contribution < 1.29 is 0 Å². The molecule has 0 radical (unpaired) electrons. The van der Waals surface area contributed by atoms with Crippen LogP contribution in [0.4, 0.5) is 0 Å². The summed E-state index contributed by atoms with van der Waals surface area (Å²) in [5, 5.41) is 0. The van der Waals surface area contributed by atoms with Gasteiger partial charge in [0.25, 0.3) is 5.56 Å². The van der Waals surface area contributed by atoms with Gasteiger partial charge in [0.1, 0.15) is 5.69 Å². The Hall–Kier alpha value is -1.16. The number of hydrogen-bond donors (Lipinski definition) is 1. The van der Waals surface area contributed by atoms with Crippen LogP contribution in [0.25, 0.3) is 0 Å². The lowest BCUT2D eigenvalue weighted by molar-refractivity contribution is 0.309. The van der Waals surface area contributed by atoms with Crippen LogP contribution in [0.1, 0.15) is 24.6 Å². The van der Waals surface area contributed by atoms with Gasteiger partial charge in [0.2, 0.25) is 0 Å². The van der Waals surface area contributed by atoms with Crippen LogP contribution in [-0.2, 0) is 0 Å². The van der Waals surface area contributed by atoms with Crippen LogP contribution in [0.2, 0.25) is 0 Å². The molecule has 1 atom stereocenters. The van der Waals surface area contributed by atoms with Crippen molar-refractivity contribution in [1.82, 2.24) is 14.9 Å². The van der Waals surface area contributed by atoms with Gasteiger partial charge in [-0.05, 0) is 26.4 Å². The molecule has 1 aromatic heterocycles. The van der Waals surface area contributed by atoms with Gasteiger partial charge in [-0.2, -0.15) is 0 Å². The Balaban J connectivity index is 2.35. The molecule has 1 N–H and O–H groups in total. The number of hydrogen-bond acceptors (Lipinski definition) is 3. The van der Waals surface area contributed by atoms with E-state index in [-0.39, 0.29) is 11.6 Å². The van der Waals surface area contributed by atoms with E-state index in [1.807, 2.05) is 7.05 Å². The third-order valence-corrected chi connectivity index (χ3v) is 2.57. The number of likely N-dealkylation sites (tertiary alicyclic amines) is 1. The van der Waals surface area contributed by atoms with Crippen molar-refractivity contribution in [1.29, 1.82) is 0 Å². The van der Waals surface area contributed by atoms with Gasteiger partial charge < -0.3 is 4.98 Å². The molecule has 4 heteroatoms. The topological polar surface area (TPSA) is 49.0 Å². The zero-order valence-electron chi connectivity index (χ0n) is 7.66. The highest BCUT2D eigenvalue weighted by atomic mass is 16.1. The average Bonchev–Trinajstić information content (AvgIpc) is 2.52. The van der Waals surface area contributed by atoms with E-state index < -0.39 is 0 Å². The van der Waals surface area contributed by atoms with Crippen molar-refractivity contribution in [3.63, 3.8) is 0 Å². The lowest BCUT2D eigenvalue weighted by Crippen LogP contribution is -2.25. The molecule has 0 saturated carbocycles. The molecule has 1 saturated heterocycles. The van der Waals surface area contributed by atoms with E-state index in [0.717, 1.165) is 19.4 Å². The summed E-state index contributed by atoms with van der Waals surface area (Å²) in [5.41, 5.74) is 0.601. The first kappa shape index (κ1) is 8.44. The average molecular weight is 179 g/mol. The van der Waals surface area contributed by atoms with Crippen molar-refractivity contribution >= 4 is 0 Å². The maximum absolute atomic E-state index is 11.4. The predicted octanol–water partition coefficient (Wildman–Crippen LogP) is 0.537. The van der Waals surface area contributed by atoms with Crippen LogP contribution in [0.5, 0.6) is 0 Å². The van der Waals surface area contributed by atoms with E-state index in [9.17, 15) is 4.79 Å². The monoisotopic (exact) mass is 179 g/mol. The second-order valence-electron chi connectivity index (χ2n) is 3.44. The smallest absolute Gasteiger partial charge is 0.271 e. The largest absolute Gasteiger partial charge is 0.326 e. The minimum atomic E-state index is -0.0544. The molecule has 1 aliphatic heterocycles. The van der Waals surface area contributed by atoms with Gasteiger partial charge in [-0.1, -0.05) is 0 Å². The molecule has 0 spiro atoms.